The van der Waals surface area contributed by atoms with Gasteiger partial charge in [-0.05, 0) is 50.3 Å². The van der Waals surface area contributed by atoms with Gasteiger partial charge >= 0.3 is 0 Å². The van der Waals surface area contributed by atoms with Gasteiger partial charge in [-0.1, -0.05) is 11.2 Å². The van der Waals surface area contributed by atoms with Gasteiger partial charge in [-0.15, -0.1) is 11.3 Å². The molecule has 0 saturated carbocycles. The molecule has 0 spiro atoms. The minimum Gasteiger partial charge on any atom is -0.350 e. The third-order valence-electron chi connectivity index (χ3n) is 4.74. The highest BCUT2D eigenvalue weighted by molar-refractivity contribution is 7.13. The molecule has 2 fully saturated rings. The maximum Gasteiger partial charge on any atom is 0.227 e. The Balaban J connectivity index is 1.18. The quantitative estimate of drug-likeness (QED) is 0.799. The van der Waals surface area contributed by atoms with Crippen molar-refractivity contribution in [2.45, 2.75) is 32.0 Å². The van der Waals surface area contributed by atoms with Crippen molar-refractivity contribution in [2.24, 2.45) is 5.92 Å². The molecule has 0 unspecified atom stereocenters. The molecule has 0 bridgehead atoms. The summed E-state index contributed by atoms with van der Waals surface area (Å²) in [4.78, 5) is 8.06. The number of hydrogen-bond acceptors (Lipinski definition) is 7. The summed E-state index contributed by atoms with van der Waals surface area (Å²) in [5, 5.41) is 6.09. The molecule has 2 saturated heterocycles. The van der Waals surface area contributed by atoms with Crippen molar-refractivity contribution in [1.29, 1.82) is 0 Å². The number of likely N-dealkylation sites (tertiary alicyclic amines) is 1. The van der Waals surface area contributed by atoms with Gasteiger partial charge < -0.3 is 18.9 Å². The molecule has 4 rings (SSSR count). The Bertz CT molecular complexity index is 617. The largest absolute Gasteiger partial charge is 0.350 e. The summed E-state index contributed by atoms with van der Waals surface area (Å²) in [5.41, 5.74) is 0. The van der Waals surface area contributed by atoms with E-state index in [0.29, 0.717) is 11.7 Å². The fraction of sp³-hybridized carbons (Fsp3) is 0.647. The smallest absolute Gasteiger partial charge is 0.227 e. The van der Waals surface area contributed by atoms with Gasteiger partial charge in [-0.25, -0.2) is 0 Å². The van der Waals surface area contributed by atoms with Crippen LogP contribution >= 0.6 is 11.3 Å². The summed E-state index contributed by atoms with van der Waals surface area (Å²) in [6, 6.07) is 4.02. The van der Waals surface area contributed by atoms with E-state index >= 15 is 0 Å². The first-order valence-corrected chi connectivity index (χ1v) is 9.58. The maximum absolute atomic E-state index is 5.63. The van der Waals surface area contributed by atoms with Crippen LogP contribution in [-0.2, 0) is 15.9 Å². The van der Waals surface area contributed by atoms with Crippen LogP contribution in [0.25, 0.3) is 10.7 Å². The lowest BCUT2D eigenvalue weighted by molar-refractivity contribution is -0.0973. The van der Waals surface area contributed by atoms with Crippen LogP contribution in [0.5, 0.6) is 0 Å². The molecular formula is C17H23N3O3S. The average Bonchev–Trinajstić information content (AvgIpc) is 3.37. The molecule has 0 atom stereocenters. The first kappa shape index (κ1) is 16.2. The number of thiophene rings is 1. The van der Waals surface area contributed by atoms with E-state index in [1.165, 1.54) is 0 Å². The number of aryl methyl sites for hydroxylation is 1. The monoisotopic (exact) mass is 349 g/mol. The van der Waals surface area contributed by atoms with E-state index in [-0.39, 0.29) is 6.29 Å². The van der Waals surface area contributed by atoms with Gasteiger partial charge in [0.1, 0.15) is 0 Å². The Morgan fingerprint density at radius 2 is 2.04 bits per heavy atom. The summed E-state index contributed by atoms with van der Waals surface area (Å²) < 4.78 is 16.6. The Hall–Kier alpha value is -1.28. The maximum atomic E-state index is 5.63. The Labute approximate surface area is 145 Å². The van der Waals surface area contributed by atoms with Crippen molar-refractivity contribution in [3.05, 3.63) is 23.4 Å². The van der Waals surface area contributed by atoms with E-state index in [1.807, 2.05) is 17.5 Å². The Kier molecular flexibility index (Phi) is 5.22. The predicted molar refractivity (Wildman–Crippen MR) is 90.8 cm³/mol. The van der Waals surface area contributed by atoms with Crippen molar-refractivity contribution in [2.75, 3.05) is 32.8 Å². The molecule has 0 radical (unpaired) electrons. The molecule has 7 heteroatoms. The Morgan fingerprint density at radius 3 is 2.79 bits per heavy atom. The molecule has 0 amide bonds. The third kappa shape index (κ3) is 3.85. The van der Waals surface area contributed by atoms with Crippen LogP contribution in [0.1, 0.15) is 25.2 Å². The van der Waals surface area contributed by atoms with Crippen LogP contribution < -0.4 is 0 Å². The zero-order valence-electron chi connectivity index (χ0n) is 13.7. The summed E-state index contributed by atoms with van der Waals surface area (Å²) in [5.74, 6) is 2.01. The average molecular weight is 349 g/mol. The second-order valence-corrected chi connectivity index (χ2v) is 7.33. The molecule has 0 aliphatic carbocycles. The van der Waals surface area contributed by atoms with E-state index in [2.05, 4.69) is 15.0 Å². The van der Waals surface area contributed by atoms with Crippen LogP contribution in [0.15, 0.2) is 22.0 Å². The number of piperidine rings is 1. The minimum atomic E-state index is 0.0428. The lowest BCUT2D eigenvalue weighted by Gasteiger charge is -2.33. The van der Waals surface area contributed by atoms with Crippen LogP contribution in [0.4, 0.5) is 0 Å². The molecule has 0 N–H and O–H groups in total. The SMILES string of the molecule is c1csc(-c2noc(CCCN3CCC(C4OCCO4)CC3)n2)c1. The van der Waals surface area contributed by atoms with E-state index in [9.17, 15) is 0 Å². The standard InChI is InChI=1S/C17H23N3O3S/c1(4-15-18-16(19-23-15)14-3-2-12-24-14)7-20-8-5-13(6-9-20)17-21-10-11-22-17/h2-3,12-13,17H,1,4-11H2. The zero-order valence-corrected chi connectivity index (χ0v) is 14.5. The van der Waals surface area contributed by atoms with Crippen molar-refractivity contribution in [1.82, 2.24) is 15.0 Å². The van der Waals surface area contributed by atoms with Gasteiger partial charge in [0, 0.05) is 12.3 Å². The summed E-state index contributed by atoms with van der Waals surface area (Å²) in [6.45, 7) is 4.83. The lowest BCUT2D eigenvalue weighted by atomic mass is 9.96. The third-order valence-corrected chi connectivity index (χ3v) is 5.61. The summed E-state index contributed by atoms with van der Waals surface area (Å²) in [6.07, 6.45) is 4.25. The first-order valence-electron chi connectivity index (χ1n) is 8.70. The minimum absolute atomic E-state index is 0.0428. The number of nitrogens with zero attached hydrogens (tertiary/aromatic N) is 3. The molecule has 4 heterocycles. The van der Waals surface area contributed by atoms with Crippen molar-refractivity contribution < 1.29 is 14.0 Å². The van der Waals surface area contributed by atoms with Crippen LogP contribution in [0.2, 0.25) is 0 Å². The van der Waals surface area contributed by atoms with Gasteiger partial charge in [-0.2, -0.15) is 4.98 Å². The van der Waals surface area contributed by atoms with Crippen LogP contribution in [-0.4, -0.2) is 54.2 Å². The summed E-state index contributed by atoms with van der Waals surface area (Å²) >= 11 is 1.63. The number of aromatic nitrogens is 2. The predicted octanol–water partition coefficient (Wildman–Crippen LogP) is 2.82. The van der Waals surface area contributed by atoms with E-state index in [0.717, 1.165) is 69.3 Å². The molecule has 2 aliphatic rings. The molecular weight excluding hydrogens is 326 g/mol. The van der Waals surface area contributed by atoms with Gasteiger partial charge in [0.25, 0.3) is 0 Å². The second-order valence-electron chi connectivity index (χ2n) is 6.38. The highest BCUT2D eigenvalue weighted by Gasteiger charge is 2.30. The number of rotatable bonds is 6. The molecule has 2 aromatic rings. The highest BCUT2D eigenvalue weighted by atomic mass is 32.1. The van der Waals surface area contributed by atoms with Crippen LogP contribution in [0, 0.1) is 5.92 Å². The fourth-order valence-electron chi connectivity index (χ4n) is 3.41. The van der Waals surface area contributed by atoms with Gasteiger partial charge in [0.2, 0.25) is 11.7 Å². The molecule has 2 aromatic heterocycles. The number of hydrogen-bond donors (Lipinski definition) is 0. The first-order chi connectivity index (χ1) is 11.9. The van der Waals surface area contributed by atoms with Crippen molar-refractivity contribution >= 4 is 11.3 Å². The highest BCUT2D eigenvalue weighted by Crippen LogP contribution is 2.26. The topological polar surface area (TPSA) is 60.6 Å². The second kappa shape index (κ2) is 7.74. The molecule has 2 aliphatic heterocycles. The molecule has 6 nitrogen and oxygen atoms in total. The normalized spacial score (nSPS) is 20.8. The van der Waals surface area contributed by atoms with Gasteiger partial charge in [0.15, 0.2) is 6.29 Å². The van der Waals surface area contributed by atoms with Crippen molar-refractivity contribution in [3.8, 4) is 10.7 Å². The van der Waals surface area contributed by atoms with Crippen LogP contribution in [0.3, 0.4) is 0 Å². The lowest BCUT2D eigenvalue weighted by Crippen LogP contribution is -2.38. The number of ether oxygens (including phenoxy) is 2. The summed E-state index contributed by atoms with van der Waals surface area (Å²) in [7, 11) is 0. The van der Waals surface area contributed by atoms with E-state index in [4.69, 9.17) is 14.0 Å². The Morgan fingerprint density at radius 1 is 1.21 bits per heavy atom. The van der Waals surface area contributed by atoms with Gasteiger partial charge in [-0.3, -0.25) is 0 Å². The molecule has 130 valence electrons. The van der Waals surface area contributed by atoms with E-state index in [1.54, 1.807) is 11.3 Å². The van der Waals surface area contributed by atoms with E-state index < -0.39 is 0 Å². The van der Waals surface area contributed by atoms with Gasteiger partial charge in [0.05, 0.1) is 18.1 Å². The molecule has 0 aromatic carbocycles. The molecule has 24 heavy (non-hydrogen) atoms. The fourth-order valence-corrected chi connectivity index (χ4v) is 4.06. The van der Waals surface area contributed by atoms with Crippen molar-refractivity contribution in [3.63, 3.8) is 0 Å². The zero-order chi connectivity index (χ0) is 16.2.